The van der Waals surface area contributed by atoms with Gasteiger partial charge in [0.1, 0.15) is 22.8 Å². The minimum Gasteiger partial charge on any atom is -0.497 e. The highest BCUT2D eigenvalue weighted by Gasteiger charge is 2.15. The molecule has 128 valence electrons. The van der Waals surface area contributed by atoms with Gasteiger partial charge in [-0.2, -0.15) is 5.10 Å². The molecule has 0 spiro atoms. The van der Waals surface area contributed by atoms with Crippen LogP contribution in [0.15, 0.2) is 47.7 Å². The predicted octanol–water partition coefficient (Wildman–Crippen LogP) is 2.42. The molecule has 2 heterocycles. The van der Waals surface area contributed by atoms with Crippen LogP contribution in [-0.4, -0.2) is 35.7 Å². The molecule has 7 nitrogen and oxygen atoms in total. The van der Waals surface area contributed by atoms with E-state index in [1.807, 2.05) is 18.2 Å². The van der Waals surface area contributed by atoms with Crippen molar-refractivity contribution in [1.29, 1.82) is 0 Å². The summed E-state index contributed by atoms with van der Waals surface area (Å²) in [6, 6.07) is 10.9. The van der Waals surface area contributed by atoms with Gasteiger partial charge in [-0.15, -0.1) is 0 Å². The number of rotatable bonds is 5. The Kier molecular flexibility index (Phi) is 4.65. The molecular weight excluding hydrogens is 320 g/mol. The summed E-state index contributed by atoms with van der Waals surface area (Å²) < 4.78 is 12.2. The Hall–Kier alpha value is -3.35. The number of pyridine rings is 1. The van der Waals surface area contributed by atoms with Gasteiger partial charge in [0.2, 0.25) is 0 Å². The molecule has 0 atom stereocenters. The number of carbonyl (C=O) groups excluding carboxylic acids is 1. The summed E-state index contributed by atoms with van der Waals surface area (Å²) in [5.41, 5.74) is 5.02. The number of nitrogens with one attached hydrogen (secondary N) is 1. The number of hydrogen-bond donors (Lipinski definition) is 1. The number of aryl methyl sites for hydroxylation is 1. The number of benzene rings is 1. The zero-order valence-electron chi connectivity index (χ0n) is 14.2. The van der Waals surface area contributed by atoms with E-state index in [1.165, 1.54) is 6.21 Å². The molecule has 0 saturated heterocycles. The van der Waals surface area contributed by atoms with Crippen LogP contribution in [0, 0.1) is 6.92 Å². The van der Waals surface area contributed by atoms with E-state index in [2.05, 4.69) is 15.5 Å². The van der Waals surface area contributed by atoms with Crippen LogP contribution in [0.2, 0.25) is 0 Å². The lowest BCUT2D eigenvalue weighted by atomic mass is 10.2. The quantitative estimate of drug-likeness (QED) is 0.572. The minimum atomic E-state index is -0.339. The summed E-state index contributed by atoms with van der Waals surface area (Å²) in [5, 5.41) is 4.03. The molecule has 0 aliphatic heterocycles. The third-order valence-electron chi connectivity index (χ3n) is 3.73. The maximum atomic E-state index is 12.5. The van der Waals surface area contributed by atoms with Crippen molar-refractivity contribution >= 4 is 17.8 Å². The first kappa shape index (κ1) is 16.5. The Labute approximate surface area is 144 Å². The molecule has 2 aromatic heterocycles. The third-order valence-corrected chi connectivity index (χ3v) is 3.73. The SMILES string of the molecule is COc1ccc(OC)c(C=NNC(=O)c2c(C)nc3ccccn23)c1. The largest absolute Gasteiger partial charge is 0.497 e. The van der Waals surface area contributed by atoms with E-state index >= 15 is 0 Å². The number of carbonyl (C=O) groups is 1. The lowest BCUT2D eigenvalue weighted by Crippen LogP contribution is -2.20. The van der Waals surface area contributed by atoms with Crippen LogP contribution in [0.5, 0.6) is 11.5 Å². The van der Waals surface area contributed by atoms with E-state index in [0.29, 0.717) is 34.1 Å². The normalized spacial score (nSPS) is 11.0. The maximum absolute atomic E-state index is 12.5. The summed E-state index contributed by atoms with van der Waals surface area (Å²) in [5.74, 6) is 0.963. The molecule has 0 aliphatic carbocycles. The van der Waals surface area contributed by atoms with E-state index in [4.69, 9.17) is 9.47 Å². The summed E-state index contributed by atoms with van der Waals surface area (Å²) in [6.45, 7) is 1.79. The molecule has 1 aromatic carbocycles. The van der Waals surface area contributed by atoms with Crippen molar-refractivity contribution in [3.05, 3.63) is 59.5 Å². The molecule has 25 heavy (non-hydrogen) atoms. The molecule has 0 bridgehead atoms. The smallest absolute Gasteiger partial charge is 0.290 e. The highest BCUT2D eigenvalue weighted by atomic mass is 16.5. The average molecular weight is 338 g/mol. The topological polar surface area (TPSA) is 77.2 Å². The number of aromatic nitrogens is 2. The minimum absolute atomic E-state index is 0.339. The Morgan fingerprint density at radius 1 is 1.24 bits per heavy atom. The Morgan fingerprint density at radius 2 is 2.08 bits per heavy atom. The van der Waals surface area contributed by atoms with Crippen LogP contribution in [0.25, 0.3) is 5.65 Å². The molecule has 3 aromatic rings. The van der Waals surface area contributed by atoms with E-state index in [9.17, 15) is 4.79 Å². The van der Waals surface area contributed by atoms with Crippen molar-refractivity contribution in [3.8, 4) is 11.5 Å². The van der Waals surface area contributed by atoms with Gasteiger partial charge in [-0.3, -0.25) is 9.20 Å². The summed E-state index contributed by atoms with van der Waals surface area (Å²) >= 11 is 0. The van der Waals surface area contributed by atoms with Gasteiger partial charge in [0.25, 0.3) is 5.91 Å². The van der Waals surface area contributed by atoms with Gasteiger partial charge in [0, 0.05) is 11.8 Å². The fourth-order valence-electron chi connectivity index (χ4n) is 2.54. The monoisotopic (exact) mass is 338 g/mol. The molecule has 0 radical (unpaired) electrons. The lowest BCUT2D eigenvalue weighted by molar-refractivity contribution is 0.0948. The van der Waals surface area contributed by atoms with Crippen LogP contribution in [-0.2, 0) is 0 Å². The van der Waals surface area contributed by atoms with Crippen molar-refractivity contribution < 1.29 is 14.3 Å². The zero-order valence-corrected chi connectivity index (χ0v) is 14.2. The highest BCUT2D eigenvalue weighted by Crippen LogP contribution is 2.22. The number of hydrogen-bond acceptors (Lipinski definition) is 5. The first-order chi connectivity index (χ1) is 12.1. The van der Waals surface area contributed by atoms with E-state index in [1.54, 1.807) is 49.9 Å². The molecular formula is C18H18N4O3. The van der Waals surface area contributed by atoms with E-state index in [-0.39, 0.29) is 5.91 Å². The van der Waals surface area contributed by atoms with Gasteiger partial charge in [-0.05, 0) is 37.3 Å². The highest BCUT2D eigenvalue weighted by molar-refractivity contribution is 5.95. The number of fused-ring (bicyclic) bond motifs is 1. The second-order valence-electron chi connectivity index (χ2n) is 5.28. The summed E-state index contributed by atoms with van der Waals surface area (Å²) in [6.07, 6.45) is 3.30. The molecule has 0 fully saturated rings. The third kappa shape index (κ3) is 3.30. The standard InChI is InChI=1S/C18H18N4O3/c1-12-17(22-9-5-4-6-16(22)20-12)18(23)21-19-11-13-10-14(24-2)7-8-15(13)25-3/h4-11H,1-3H3,(H,21,23). The van der Waals surface area contributed by atoms with E-state index in [0.717, 1.165) is 0 Å². The second kappa shape index (κ2) is 7.04. The van der Waals surface area contributed by atoms with Crippen molar-refractivity contribution in [1.82, 2.24) is 14.8 Å². The second-order valence-corrected chi connectivity index (χ2v) is 5.28. The van der Waals surface area contributed by atoms with Gasteiger partial charge in [0.15, 0.2) is 0 Å². The van der Waals surface area contributed by atoms with Gasteiger partial charge in [0.05, 0.1) is 26.1 Å². The first-order valence-electron chi connectivity index (χ1n) is 7.63. The van der Waals surface area contributed by atoms with Crippen molar-refractivity contribution in [3.63, 3.8) is 0 Å². The predicted molar refractivity (Wildman–Crippen MR) is 94.5 cm³/mol. The fraction of sp³-hybridized carbons (Fsp3) is 0.167. The Balaban J connectivity index is 1.82. The molecule has 0 saturated carbocycles. The average Bonchev–Trinajstić information content (AvgIpc) is 2.97. The summed E-state index contributed by atoms with van der Waals surface area (Å²) in [7, 11) is 3.15. The zero-order chi connectivity index (χ0) is 17.8. The Bertz CT molecular complexity index is 947. The van der Waals surface area contributed by atoms with Gasteiger partial charge in [-0.25, -0.2) is 10.4 Å². The van der Waals surface area contributed by atoms with Gasteiger partial charge < -0.3 is 9.47 Å². The number of hydrazone groups is 1. The molecule has 0 aliphatic rings. The number of imidazole rings is 1. The van der Waals surface area contributed by atoms with Crippen LogP contribution in [0.4, 0.5) is 0 Å². The molecule has 7 heteroatoms. The Morgan fingerprint density at radius 3 is 2.84 bits per heavy atom. The van der Waals surface area contributed by atoms with Crippen molar-refractivity contribution in [2.75, 3.05) is 14.2 Å². The van der Waals surface area contributed by atoms with Crippen LogP contribution < -0.4 is 14.9 Å². The number of amides is 1. The van der Waals surface area contributed by atoms with Crippen molar-refractivity contribution in [2.45, 2.75) is 6.92 Å². The molecule has 3 rings (SSSR count). The molecule has 1 amide bonds. The lowest BCUT2D eigenvalue weighted by Gasteiger charge is -2.07. The first-order valence-corrected chi connectivity index (χ1v) is 7.63. The van der Waals surface area contributed by atoms with Gasteiger partial charge in [-0.1, -0.05) is 6.07 Å². The van der Waals surface area contributed by atoms with Crippen LogP contribution >= 0.6 is 0 Å². The number of nitrogens with zero attached hydrogens (tertiary/aromatic N) is 3. The van der Waals surface area contributed by atoms with Crippen LogP contribution in [0.3, 0.4) is 0 Å². The fourth-order valence-corrected chi connectivity index (χ4v) is 2.54. The van der Waals surface area contributed by atoms with Crippen LogP contribution in [0.1, 0.15) is 21.7 Å². The number of ether oxygens (including phenoxy) is 2. The molecule has 1 N–H and O–H groups in total. The van der Waals surface area contributed by atoms with E-state index < -0.39 is 0 Å². The van der Waals surface area contributed by atoms with Crippen molar-refractivity contribution in [2.24, 2.45) is 5.10 Å². The summed E-state index contributed by atoms with van der Waals surface area (Å²) in [4.78, 5) is 16.8. The molecule has 0 unspecified atom stereocenters. The van der Waals surface area contributed by atoms with Gasteiger partial charge >= 0.3 is 0 Å². The number of methoxy groups -OCH3 is 2. The maximum Gasteiger partial charge on any atom is 0.290 e.